The summed E-state index contributed by atoms with van der Waals surface area (Å²) in [6.07, 6.45) is 8.65. The summed E-state index contributed by atoms with van der Waals surface area (Å²) in [7, 11) is 1.73. The van der Waals surface area contributed by atoms with E-state index in [1.165, 1.54) is 16.3 Å². The van der Waals surface area contributed by atoms with Crippen molar-refractivity contribution in [3.05, 3.63) is 70.6 Å². The number of carbonyl (C=O) groups is 2. The summed E-state index contributed by atoms with van der Waals surface area (Å²) in [4.78, 5) is 32.6. The Balaban J connectivity index is 1.16. The molecule has 3 aromatic rings. The van der Waals surface area contributed by atoms with Crippen molar-refractivity contribution < 1.29 is 14.3 Å². The van der Waals surface area contributed by atoms with E-state index in [-0.39, 0.29) is 11.1 Å². The van der Waals surface area contributed by atoms with Gasteiger partial charge in [0.05, 0.1) is 17.7 Å². The Hall–Kier alpha value is -3.23. The first-order valence-corrected chi connectivity index (χ1v) is 12.8. The van der Waals surface area contributed by atoms with E-state index in [1.807, 2.05) is 0 Å². The molecule has 5 rings (SSSR count). The van der Waals surface area contributed by atoms with E-state index in [0.29, 0.717) is 22.6 Å². The van der Waals surface area contributed by atoms with Gasteiger partial charge in [0.25, 0.3) is 11.1 Å². The van der Waals surface area contributed by atoms with Crippen LogP contribution in [-0.4, -0.2) is 34.3 Å². The van der Waals surface area contributed by atoms with Crippen molar-refractivity contribution in [1.82, 2.24) is 20.6 Å². The van der Waals surface area contributed by atoms with Gasteiger partial charge in [-0.05, 0) is 72.3 Å². The summed E-state index contributed by atoms with van der Waals surface area (Å²) in [6.45, 7) is 0.785. The molecule has 1 saturated heterocycles. The summed E-state index contributed by atoms with van der Waals surface area (Å²) in [6, 6.07) is 14.8. The molecular formula is C27H28N4O3S. The molecule has 1 aliphatic heterocycles. The fourth-order valence-corrected chi connectivity index (χ4v) is 5.58. The number of rotatable bonds is 7. The number of carbonyl (C=O) groups excluding carboxylic acids is 2. The third-order valence-corrected chi connectivity index (χ3v) is 7.56. The van der Waals surface area contributed by atoms with Gasteiger partial charge in [-0.3, -0.25) is 14.9 Å². The molecule has 180 valence electrons. The van der Waals surface area contributed by atoms with E-state index < -0.39 is 0 Å². The molecule has 2 N–H and O–H groups in total. The smallest absolute Gasteiger partial charge is 0.290 e. The third kappa shape index (κ3) is 5.55. The van der Waals surface area contributed by atoms with Crippen molar-refractivity contribution in [3.63, 3.8) is 0 Å². The van der Waals surface area contributed by atoms with Crippen LogP contribution in [-0.2, 0) is 17.8 Å². The molecule has 0 atom stereocenters. The molecule has 1 saturated carbocycles. The van der Waals surface area contributed by atoms with E-state index in [0.717, 1.165) is 62.0 Å². The highest BCUT2D eigenvalue weighted by atomic mass is 32.2. The topological polar surface area (TPSA) is 93.2 Å². The number of ether oxygens (including phenoxy) is 1. The van der Waals surface area contributed by atoms with Crippen molar-refractivity contribution in [2.75, 3.05) is 7.11 Å². The molecule has 0 unspecified atom stereocenters. The zero-order chi connectivity index (χ0) is 24.2. The number of fused-ring (bicyclic) bond motifs is 1. The largest absolute Gasteiger partial charge is 0.496 e. The van der Waals surface area contributed by atoms with Gasteiger partial charge in [0.1, 0.15) is 11.6 Å². The molecule has 0 radical (unpaired) electrons. The summed E-state index contributed by atoms with van der Waals surface area (Å²) >= 11 is 0.902. The first-order valence-electron chi connectivity index (χ1n) is 11.9. The molecule has 1 aromatic heterocycles. The predicted octanol–water partition coefficient (Wildman–Crippen LogP) is 4.85. The Morgan fingerprint density at radius 3 is 2.71 bits per heavy atom. The second kappa shape index (κ2) is 10.6. The summed E-state index contributed by atoms with van der Waals surface area (Å²) in [5, 5.41) is 8.14. The lowest BCUT2D eigenvalue weighted by Gasteiger charge is -2.29. The minimum atomic E-state index is -0.368. The molecule has 7 nitrogen and oxygen atoms in total. The summed E-state index contributed by atoms with van der Waals surface area (Å²) < 4.78 is 5.64. The van der Waals surface area contributed by atoms with Gasteiger partial charge in [-0.25, -0.2) is 9.97 Å². The van der Waals surface area contributed by atoms with Crippen molar-refractivity contribution in [3.8, 4) is 5.75 Å². The zero-order valence-electron chi connectivity index (χ0n) is 19.6. The molecule has 2 fully saturated rings. The first-order chi connectivity index (χ1) is 17.1. The standard InChI is InChI=1S/C27H28N4O3S/c1-34-23-11-8-18-4-2-3-5-21(18)22(23)16-29-19-9-6-17(7-10-19)14-25-28-13-12-20(30-25)15-24-26(32)31-27(33)35-24/h2-5,8,11-13,15,17,19,29H,6-7,9-10,14,16H2,1H3,(H,31,32,33)/b24-15-. The molecule has 2 heterocycles. The minimum Gasteiger partial charge on any atom is -0.496 e. The quantitative estimate of drug-likeness (QED) is 0.459. The highest BCUT2D eigenvalue weighted by molar-refractivity contribution is 8.18. The summed E-state index contributed by atoms with van der Waals surface area (Å²) in [5.41, 5.74) is 1.87. The van der Waals surface area contributed by atoms with Gasteiger partial charge in [-0.2, -0.15) is 0 Å². The number of aromatic nitrogens is 2. The monoisotopic (exact) mass is 488 g/mol. The molecule has 0 spiro atoms. The van der Waals surface area contributed by atoms with Gasteiger partial charge >= 0.3 is 0 Å². The van der Waals surface area contributed by atoms with Gasteiger partial charge < -0.3 is 10.1 Å². The molecule has 2 aliphatic rings. The number of nitrogens with zero attached hydrogens (tertiary/aromatic N) is 2. The maximum atomic E-state index is 11.8. The fraction of sp³-hybridized carbons (Fsp3) is 0.333. The number of amides is 2. The van der Waals surface area contributed by atoms with E-state index in [4.69, 9.17) is 4.74 Å². The molecule has 2 amide bonds. The number of hydrogen-bond acceptors (Lipinski definition) is 7. The van der Waals surface area contributed by atoms with Crippen LogP contribution < -0.4 is 15.4 Å². The maximum Gasteiger partial charge on any atom is 0.290 e. The number of imide groups is 1. The highest BCUT2D eigenvalue weighted by Crippen LogP contribution is 2.30. The Bertz CT molecular complexity index is 1280. The molecule has 0 bridgehead atoms. The number of nitrogens with one attached hydrogen (secondary N) is 2. The van der Waals surface area contributed by atoms with Crippen LogP contribution in [0.2, 0.25) is 0 Å². The predicted molar refractivity (Wildman–Crippen MR) is 138 cm³/mol. The average Bonchev–Trinajstić information content (AvgIpc) is 3.19. The molecule has 8 heteroatoms. The molecular weight excluding hydrogens is 460 g/mol. The Morgan fingerprint density at radius 1 is 1.11 bits per heavy atom. The zero-order valence-corrected chi connectivity index (χ0v) is 20.4. The third-order valence-electron chi connectivity index (χ3n) is 6.75. The first kappa shape index (κ1) is 23.5. The normalized spacial score (nSPS) is 21.5. The van der Waals surface area contributed by atoms with Gasteiger partial charge in [0.15, 0.2) is 0 Å². The van der Waals surface area contributed by atoms with Crippen LogP contribution in [0.25, 0.3) is 16.8 Å². The van der Waals surface area contributed by atoms with Crippen LogP contribution in [0.5, 0.6) is 5.75 Å². The van der Waals surface area contributed by atoms with Crippen molar-refractivity contribution in [2.45, 2.75) is 44.7 Å². The van der Waals surface area contributed by atoms with Crippen molar-refractivity contribution in [2.24, 2.45) is 5.92 Å². The van der Waals surface area contributed by atoms with Crippen LogP contribution in [0.3, 0.4) is 0 Å². The lowest BCUT2D eigenvalue weighted by molar-refractivity contribution is -0.115. The summed E-state index contributed by atoms with van der Waals surface area (Å²) in [5.74, 6) is 1.88. The molecule has 2 aromatic carbocycles. The van der Waals surface area contributed by atoms with Gasteiger partial charge in [0.2, 0.25) is 0 Å². The van der Waals surface area contributed by atoms with Gasteiger partial charge in [0, 0.05) is 30.8 Å². The number of hydrogen-bond donors (Lipinski definition) is 2. The SMILES string of the molecule is COc1ccc2ccccc2c1CNC1CCC(Cc2nccc(/C=C3\SC(=O)NC3=O)n2)CC1. The van der Waals surface area contributed by atoms with E-state index >= 15 is 0 Å². The second-order valence-electron chi connectivity index (χ2n) is 9.02. The maximum absolute atomic E-state index is 11.8. The highest BCUT2D eigenvalue weighted by Gasteiger charge is 2.26. The van der Waals surface area contributed by atoms with Crippen LogP contribution in [0.15, 0.2) is 53.6 Å². The van der Waals surface area contributed by atoms with Gasteiger partial charge in [-0.1, -0.05) is 30.3 Å². The second-order valence-corrected chi connectivity index (χ2v) is 10.0. The average molecular weight is 489 g/mol. The number of thioether (sulfide) groups is 1. The van der Waals surface area contributed by atoms with Crippen LogP contribution in [0, 0.1) is 5.92 Å². The Labute approximate surface area is 208 Å². The molecule has 35 heavy (non-hydrogen) atoms. The fourth-order valence-electron chi connectivity index (χ4n) is 4.91. The lowest BCUT2D eigenvalue weighted by atomic mass is 9.84. The lowest BCUT2D eigenvalue weighted by Crippen LogP contribution is -2.33. The number of methoxy groups -OCH3 is 1. The minimum absolute atomic E-state index is 0.347. The van der Waals surface area contributed by atoms with E-state index in [2.05, 4.69) is 57.0 Å². The number of benzene rings is 2. The Kier molecular flexibility index (Phi) is 7.11. The van der Waals surface area contributed by atoms with Gasteiger partial charge in [-0.15, -0.1) is 0 Å². The Morgan fingerprint density at radius 2 is 1.94 bits per heavy atom. The van der Waals surface area contributed by atoms with Crippen LogP contribution in [0.4, 0.5) is 4.79 Å². The van der Waals surface area contributed by atoms with E-state index in [1.54, 1.807) is 25.4 Å². The van der Waals surface area contributed by atoms with Crippen LogP contribution in [0.1, 0.15) is 42.8 Å². The van der Waals surface area contributed by atoms with Crippen molar-refractivity contribution >= 4 is 39.8 Å². The van der Waals surface area contributed by atoms with E-state index in [9.17, 15) is 9.59 Å². The van der Waals surface area contributed by atoms with Crippen molar-refractivity contribution in [1.29, 1.82) is 0 Å². The van der Waals surface area contributed by atoms with Crippen LogP contribution >= 0.6 is 11.8 Å². The molecule has 1 aliphatic carbocycles.